The van der Waals surface area contributed by atoms with Gasteiger partial charge in [0.2, 0.25) is 0 Å². The lowest BCUT2D eigenvalue weighted by molar-refractivity contribution is 0.363. The second-order valence-electron chi connectivity index (χ2n) is 5.89. The van der Waals surface area contributed by atoms with Crippen molar-refractivity contribution in [3.63, 3.8) is 0 Å². The maximum absolute atomic E-state index is 4.85. The van der Waals surface area contributed by atoms with Gasteiger partial charge in [-0.3, -0.25) is 4.98 Å². The first-order valence-electron chi connectivity index (χ1n) is 7.43. The smallest absolute Gasteiger partial charge is 0.110 e. The van der Waals surface area contributed by atoms with Crippen molar-refractivity contribution in [1.82, 2.24) is 19.9 Å². The molecule has 100 valence electrons. The summed E-state index contributed by atoms with van der Waals surface area (Å²) in [6.07, 6.45) is 10.1. The standard InChI is InChI=1S/C15H20N4/c1-2-12(1)19-14-5-8-17-10-13(14)18-15(19)9-11-3-6-16-7-4-11/h5,8,10-12,16H,1-4,6-7,9H2. The Kier molecular flexibility index (Phi) is 2.76. The molecular weight excluding hydrogens is 236 g/mol. The summed E-state index contributed by atoms with van der Waals surface area (Å²) in [5.74, 6) is 2.08. The summed E-state index contributed by atoms with van der Waals surface area (Å²) < 4.78 is 2.49. The summed E-state index contributed by atoms with van der Waals surface area (Å²) in [5, 5.41) is 3.44. The first-order valence-corrected chi connectivity index (χ1v) is 7.43. The van der Waals surface area contributed by atoms with Crippen molar-refractivity contribution in [2.75, 3.05) is 13.1 Å². The average molecular weight is 256 g/mol. The highest BCUT2D eigenvalue weighted by Gasteiger charge is 2.29. The summed E-state index contributed by atoms with van der Waals surface area (Å²) in [5.41, 5.74) is 2.35. The van der Waals surface area contributed by atoms with Gasteiger partial charge in [0.15, 0.2) is 0 Å². The molecule has 4 nitrogen and oxygen atoms in total. The third-order valence-electron chi connectivity index (χ3n) is 4.41. The van der Waals surface area contributed by atoms with Gasteiger partial charge in [0.05, 0.1) is 11.7 Å². The van der Waals surface area contributed by atoms with Crippen LogP contribution in [0.4, 0.5) is 0 Å². The molecule has 4 heteroatoms. The van der Waals surface area contributed by atoms with Crippen molar-refractivity contribution in [1.29, 1.82) is 0 Å². The first kappa shape index (κ1) is 11.4. The Morgan fingerprint density at radius 1 is 1.21 bits per heavy atom. The number of aromatic nitrogens is 3. The molecule has 2 aliphatic rings. The fourth-order valence-corrected chi connectivity index (χ4v) is 3.23. The van der Waals surface area contributed by atoms with Crippen molar-refractivity contribution in [3.8, 4) is 0 Å². The first-order chi connectivity index (χ1) is 9.42. The maximum atomic E-state index is 4.85. The predicted octanol–water partition coefficient (Wildman–Crippen LogP) is 2.31. The highest BCUT2D eigenvalue weighted by Crippen LogP contribution is 2.39. The van der Waals surface area contributed by atoms with Gasteiger partial charge in [0, 0.05) is 18.7 Å². The molecule has 19 heavy (non-hydrogen) atoms. The van der Waals surface area contributed by atoms with Gasteiger partial charge in [-0.05, 0) is 50.8 Å². The molecule has 0 spiro atoms. The molecule has 0 bridgehead atoms. The molecule has 1 aliphatic heterocycles. The Morgan fingerprint density at radius 3 is 2.84 bits per heavy atom. The minimum Gasteiger partial charge on any atom is -0.325 e. The third kappa shape index (κ3) is 2.14. The molecular formula is C15H20N4. The lowest BCUT2D eigenvalue weighted by atomic mass is 9.94. The van der Waals surface area contributed by atoms with Crippen LogP contribution in [0, 0.1) is 5.92 Å². The van der Waals surface area contributed by atoms with Gasteiger partial charge in [-0.2, -0.15) is 0 Å². The largest absolute Gasteiger partial charge is 0.325 e. The second kappa shape index (κ2) is 4.60. The number of imidazole rings is 1. The number of rotatable bonds is 3. The van der Waals surface area contributed by atoms with Crippen LogP contribution >= 0.6 is 0 Å². The zero-order chi connectivity index (χ0) is 12.7. The highest BCUT2D eigenvalue weighted by molar-refractivity contribution is 5.75. The molecule has 2 fully saturated rings. The van der Waals surface area contributed by atoms with Crippen LogP contribution in [0.15, 0.2) is 18.5 Å². The molecule has 2 aromatic rings. The molecule has 1 aliphatic carbocycles. The fraction of sp³-hybridized carbons (Fsp3) is 0.600. The Morgan fingerprint density at radius 2 is 2.05 bits per heavy atom. The van der Waals surface area contributed by atoms with Crippen LogP contribution in [0.25, 0.3) is 11.0 Å². The lowest BCUT2D eigenvalue weighted by Crippen LogP contribution is -2.29. The van der Waals surface area contributed by atoms with Crippen LogP contribution in [0.5, 0.6) is 0 Å². The minimum atomic E-state index is 0.698. The van der Waals surface area contributed by atoms with E-state index in [0.717, 1.165) is 30.9 Å². The van der Waals surface area contributed by atoms with Crippen LogP contribution in [-0.4, -0.2) is 27.6 Å². The van der Waals surface area contributed by atoms with Gasteiger partial charge in [-0.15, -0.1) is 0 Å². The Bertz CT molecular complexity index is 579. The summed E-state index contributed by atoms with van der Waals surface area (Å²) in [6, 6.07) is 2.82. The number of nitrogens with one attached hydrogen (secondary N) is 1. The van der Waals surface area contributed by atoms with E-state index in [4.69, 9.17) is 4.98 Å². The van der Waals surface area contributed by atoms with Crippen molar-refractivity contribution in [3.05, 3.63) is 24.3 Å². The topological polar surface area (TPSA) is 42.7 Å². The molecule has 0 aromatic carbocycles. The number of piperidine rings is 1. The molecule has 1 saturated carbocycles. The number of hydrogen-bond donors (Lipinski definition) is 1. The quantitative estimate of drug-likeness (QED) is 0.916. The maximum Gasteiger partial charge on any atom is 0.110 e. The number of fused-ring (bicyclic) bond motifs is 1. The number of nitrogens with zero attached hydrogens (tertiary/aromatic N) is 3. The van der Waals surface area contributed by atoms with Gasteiger partial charge >= 0.3 is 0 Å². The van der Waals surface area contributed by atoms with Crippen LogP contribution in [0.2, 0.25) is 0 Å². The van der Waals surface area contributed by atoms with Crippen molar-refractivity contribution < 1.29 is 0 Å². The molecule has 1 saturated heterocycles. The Hall–Kier alpha value is -1.42. The van der Waals surface area contributed by atoms with Crippen molar-refractivity contribution in [2.45, 2.75) is 38.1 Å². The molecule has 3 heterocycles. The summed E-state index contributed by atoms with van der Waals surface area (Å²) in [4.78, 5) is 9.06. The molecule has 0 amide bonds. The van der Waals surface area contributed by atoms with E-state index in [1.807, 2.05) is 12.4 Å². The van der Waals surface area contributed by atoms with Gasteiger partial charge in [0.1, 0.15) is 11.3 Å². The highest BCUT2D eigenvalue weighted by atomic mass is 15.1. The Balaban J connectivity index is 1.69. The zero-order valence-electron chi connectivity index (χ0n) is 11.2. The third-order valence-corrected chi connectivity index (χ3v) is 4.41. The molecule has 0 radical (unpaired) electrons. The van der Waals surface area contributed by atoms with E-state index in [1.165, 1.54) is 37.0 Å². The SMILES string of the molecule is c1cc2c(cn1)nc(CC1CCNCC1)n2C1CC1. The van der Waals surface area contributed by atoms with E-state index in [9.17, 15) is 0 Å². The van der Waals surface area contributed by atoms with Crippen LogP contribution in [0.3, 0.4) is 0 Å². The summed E-state index contributed by atoms with van der Waals surface area (Å²) in [7, 11) is 0. The van der Waals surface area contributed by atoms with Gasteiger partial charge < -0.3 is 9.88 Å². The predicted molar refractivity (Wildman–Crippen MR) is 75.1 cm³/mol. The summed E-state index contributed by atoms with van der Waals surface area (Å²) >= 11 is 0. The van der Waals surface area contributed by atoms with E-state index in [1.54, 1.807) is 0 Å². The monoisotopic (exact) mass is 256 g/mol. The van der Waals surface area contributed by atoms with E-state index < -0.39 is 0 Å². The van der Waals surface area contributed by atoms with E-state index in [-0.39, 0.29) is 0 Å². The number of hydrogen-bond acceptors (Lipinski definition) is 3. The van der Waals surface area contributed by atoms with Gasteiger partial charge in [-0.1, -0.05) is 0 Å². The Labute approximate surface area is 113 Å². The van der Waals surface area contributed by atoms with Crippen LogP contribution in [0.1, 0.15) is 37.5 Å². The summed E-state index contributed by atoms with van der Waals surface area (Å²) in [6.45, 7) is 2.33. The molecule has 0 atom stereocenters. The van der Waals surface area contributed by atoms with Crippen molar-refractivity contribution in [2.24, 2.45) is 5.92 Å². The molecule has 1 N–H and O–H groups in total. The number of pyridine rings is 1. The van der Waals surface area contributed by atoms with Crippen molar-refractivity contribution >= 4 is 11.0 Å². The molecule has 4 rings (SSSR count). The molecule has 2 aromatic heterocycles. The van der Waals surface area contributed by atoms with E-state index in [0.29, 0.717) is 6.04 Å². The van der Waals surface area contributed by atoms with E-state index >= 15 is 0 Å². The van der Waals surface area contributed by atoms with E-state index in [2.05, 4.69) is 20.9 Å². The molecule has 0 unspecified atom stereocenters. The van der Waals surface area contributed by atoms with Crippen LogP contribution < -0.4 is 5.32 Å². The lowest BCUT2D eigenvalue weighted by Gasteiger charge is -2.22. The van der Waals surface area contributed by atoms with Gasteiger partial charge in [-0.25, -0.2) is 4.98 Å². The van der Waals surface area contributed by atoms with Crippen LogP contribution in [-0.2, 0) is 6.42 Å². The fourth-order valence-electron chi connectivity index (χ4n) is 3.23. The normalized spacial score (nSPS) is 21.1. The zero-order valence-corrected chi connectivity index (χ0v) is 11.2. The van der Waals surface area contributed by atoms with Gasteiger partial charge in [0.25, 0.3) is 0 Å². The minimum absolute atomic E-state index is 0.698. The average Bonchev–Trinajstić information content (AvgIpc) is 3.21. The second-order valence-corrected chi connectivity index (χ2v) is 5.89.